The second-order valence-corrected chi connectivity index (χ2v) is 4.45. The van der Waals surface area contributed by atoms with E-state index in [9.17, 15) is 0 Å². The molecule has 2 N–H and O–H groups in total. The first-order chi connectivity index (χ1) is 4.90. The number of rotatable bonds is 1. The van der Waals surface area contributed by atoms with Crippen molar-refractivity contribution in [2.45, 2.75) is 19.3 Å². The van der Waals surface area contributed by atoms with Gasteiger partial charge in [0, 0.05) is 0 Å². The molecule has 4 fully saturated rings. The van der Waals surface area contributed by atoms with Crippen LogP contribution in [0.3, 0.4) is 0 Å². The Morgan fingerprint density at radius 2 is 1.60 bits per heavy atom. The second kappa shape index (κ2) is 1.58. The summed E-state index contributed by atoms with van der Waals surface area (Å²) in [4.78, 5) is 0. The second-order valence-electron chi connectivity index (χ2n) is 4.45. The minimum absolute atomic E-state index is 0.948. The van der Waals surface area contributed by atoms with E-state index in [4.69, 9.17) is 5.73 Å². The van der Waals surface area contributed by atoms with E-state index in [2.05, 4.69) is 0 Å². The van der Waals surface area contributed by atoms with Gasteiger partial charge in [0.2, 0.25) is 0 Å². The van der Waals surface area contributed by atoms with E-state index in [0.29, 0.717) is 0 Å². The van der Waals surface area contributed by atoms with Crippen molar-refractivity contribution in [3.05, 3.63) is 0 Å². The van der Waals surface area contributed by atoms with Crippen LogP contribution in [0.2, 0.25) is 0 Å². The molecule has 4 atom stereocenters. The van der Waals surface area contributed by atoms with E-state index in [-0.39, 0.29) is 0 Å². The van der Waals surface area contributed by atoms with Gasteiger partial charge >= 0.3 is 0 Å². The summed E-state index contributed by atoms with van der Waals surface area (Å²) in [6.45, 7) is 0.975. The van der Waals surface area contributed by atoms with Gasteiger partial charge in [-0.05, 0) is 55.4 Å². The Labute approximate surface area is 62.0 Å². The molecule has 0 aromatic rings. The van der Waals surface area contributed by atoms with Crippen LogP contribution in [0.1, 0.15) is 19.3 Å². The summed E-state index contributed by atoms with van der Waals surface area (Å²) < 4.78 is 0. The van der Waals surface area contributed by atoms with Crippen LogP contribution in [0.5, 0.6) is 0 Å². The van der Waals surface area contributed by atoms with Gasteiger partial charge < -0.3 is 5.73 Å². The molecule has 1 nitrogen and oxygen atoms in total. The van der Waals surface area contributed by atoms with E-state index in [1.807, 2.05) is 0 Å². The van der Waals surface area contributed by atoms with E-state index < -0.39 is 0 Å². The Kier molecular flexibility index (Phi) is 0.883. The number of nitrogens with two attached hydrogens (primary N) is 1. The van der Waals surface area contributed by atoms with Crippen molar-refractivity contribution in [3.8, 4) is 0 Å². The zero-order valence-corrected chi connectivity index (χ0v) is 6.29. The minimum atomic E-state index is 0.948. The van der Waals surface area contributed by atoms with Gasteiger partial charge in [0.15, 0.2) is 0 Å². The van der Waals surface area contributed by atoms with Gasteiger partial charge in [0.05, 0.1) is 0 Å². The predicted molar refractivity (Wildman–Crippen MR) is 40.4 cm³/mol. The first kappa shape index (κ1) is 5.59. The lowest BCUT2D eigenvalue weighted by Gasteiger charge is -2.18. The van der Waals surface area contributed by atoms with E-state index in [0.717, 1.165) is 36.1 Å². The number of hydrogen-bond acceptors (Lipinski definition) is 1. The van der Waals surface area contributed by atoms with Gasteiger partial charge in [-0.15, -0.1) is 0 Å². The highest BCUT2D eigenvalue weighted by Gasteiger charge is 2.58. The predicted octanol–water partition coefficient (Wildman–Crippen LogP) is 1.24. The summed E-state index contributed by atoms with van der Waals surface area (Å²) in [6.07, 6.45) is 4.64. The van der Waals surface area contributed by atoms with Crippen molar-refractivity contribution in [1.82, 2.24) is 0 Å². The van der Waals surface area contributed by atoms with Crippen molar-refractivity contribution < 1.29 is 0 Å². The van der Waals surface area contributed by atoms with Crippen molar-refractivity contribution in [3.63, 3.8) is 0 Å². The summed E-state index contributed by atoms with van der Waals surface area (Å²) >= 11 is 0. The summed E-state index contributed by atoms with van der Waals surface area (Å²) in [5.41, 5.74) is 5.74. The molecule has 10 heavy (non-hydrogen) atoms. The highest BCUT2D eigenvalue weighted by atomic mass is 14.7. The summed E-state index contributed by atoms with van der Waals surface area (Å²) in [6, 6.07) is 0. The van der Waals surface area contributed by atoms with Crippen LogP contribution < -0.4 is 5.73 Å². The lowest BCUT2D eigenvalue weighted by atomic mass is 9.89. The Balaban J connectivity index is 1.96. The first-order valence-electron chi connectivity index (χ1n) is 4.60. The molecule has 56 valence electrons. The summed E-state index contributed by atoms with van der Waals surface area (Å²) in [5.74, 6) is 5.32. The van der Waals surface area contributed by atoms with E-state index >= 15 is 0 Å². The normalized spacial score (nSPS) is 62.7. The van der Waals surface area contributed by atoms with Crippen LogP contribution in [0, 0.1) is 29.6 Å². The monoisotopic (exact) mass is 137 g/mol. The molecule has 4 saturated carbocycles. The van der Waals surface area contributed by atoms with Gasteiger partial charge in [-0.1, -0.05) is 0 Å². The Hall–Kier alpha value is -0.0400. The third kappa shape index (κ3) is 0.430. The fourth-order valence-corrected chi connectivity index (χ4v) is 4.08. The van der Waals surface area contributed by atoms with Crippen molar-refractivity contribution in [2.24, 2.45) is 35.3 Å². The SMILES string of the molecule is NCC1C2CC3CC2CC31. The van der Waals surface area contributed by atoms with Crippen LogP contribution in [-0.2, 0) is 0 Å². The molecule has 1 heteroatoms. The lowest BCUT2D eigenvalue weighted by molar-refractivity contribution is 0.321. The van der Waals surface area contributed by atoms with E-state index in [1.54, 1.807) is 6.42 Å². The van der Waals surface area contributed by atoms with E-state index in [1.165, 1.54) is 12.8 Å². The Bertz CT molecular complexity index is 150. The molecular formula is C9H15N. The average Bonchev–Trinajstić information content (AvgIpc) is 2.53. The Morgan fingerprint density at radius 3 is 1.90 bits per heavy atom. The van der Waals surface area contributed by atoms with Gasteiger partial charge in [0.1, 0.15) is 0 Å². The molecule has 0 saturated heterocycles. The van der Waals surface area contributed by atoms with Gasteiger partial charge in [-0.25, -0.2) is 0 Å². The summed E-state index contributed by atoms with van der Waals surface area (Å²) in [7, 11) is 0. The third-order valence-corrected chi connectivity index (χ3v) is 4.34. The molecule has 0 aliphatic heterocycles. The quantitative estimate of drug-likeness (QED) is 0.578. The zero-order chi connectivity index (χ0) is 6.72. The van der Waals surface area contributed by atoms with Crippen LogP contribution in [0.25, 0.3) is 0 Å². The average molecular weight is 137 g/mol. The minimum Gasteiger partial charge on any atom is -0.330 e. The van der Waals surface area contributed by atoms with Crippen LogP contribution in [0.15, 0.2) is 0 Å². The maximum Gasteiger partial charge on any atom is -0.00434 e. The molecule has 0 aromatic heterocycles. The molecule has 4 aliphatic rings. The van der Waals surface area contributed by atoms with Crippen LogP contribution in [0.4, 0.5) is 0 Å². The van der Waals surface area contributed by atoms with Crippen molar-refractivity contribution in [1.29, 1.82) is 0 Å². The Morgan fingerprint density at radius 1 is 1.00 bits per heavy atom. The fraction of sp³-hybridized carbons (Fsp3) is 1.00. The zero-order valence-electron chi connectivity index (χ0n) is 6.29. The molecule has 4 bridgehead atoms. The van der Waals surface area contributed by atoms with Crippen molar-refractivity contribution in [2.75, 3.05) is 6.54 Å². The molecule has 0 radical (unpaired) electrons. The van der Waals surface area contributed by atoms with Gasteiger partial charge in [-0.3, -0.25) is 0 Å². The highest BCUT2D eigenvalue weighted by Crippen LogP contribution is 2.65. The fourth-order valence-electron chi connectivity index (χ4n) is 4.08. The van der Waals surface area contributed by atoms with Crippen LogP contribution in [-0.4, -0.2) is 6.54 Å². The highest BCUT2D eigenvalue weighted by molar-refractivity contribution is 5.08. The van der Waals surface area contributed by atoms with Gasteiger partial charge in [0.25, 0.3) is 0 Å². The summed E-state index contributed by atoms with van der Waals surface area (Å²) in [5, 5.41) is 0. The standard InChI is InChI=1S/C9H15N/c10-4-9-7-2-5-1-6(7)3-8(5)9/h5-9H,1-4,10H2. The lowest BCUT2D eigenvalue weighted by Crippen LogP contribution is -2.22. The smallest absolute Gasteiger partial charge is 0.00434 e. The first-order valence-corrected chi connectivity index (χ1v) is 4.60. The van der Waals surface area contributed by atoms with Crippen LogP contribution >= 0.6 is 0 Å². The molecule has 4 rings (SSSR count). The largest absolute Gasteiger partial charge is 0.330 e. The maximum atomic E-state index is 5.74. The number of hydrogen-bond donors (Lipinski definition) is 1. The third-order valence-electron chi connectivity index (χ3n) is 4.34. The maximum absolute atomic E-state index is 5.74. The molecule has 0 heterocycles. The molecule has 0 aromatic carbocycles. The molecule has 4 aliphatic carbocycles. The molecule has 0 amide bonds. The van der Waals surface area contributed by atoms with Crippen molar-refractivity contribution >= 4 is 0 Å². The van der Waals surface area contributed by atoms with Gasteiger partial charge in [-0.2, -0.15) is 0 Å². The molecule has 0 spiro atoms. The molecular weight excluding hydrogens is 122 g/mol. The topological polar surface area (TPSA) is 26.0 Å². The molecule has 4 unspecified atom stereocenters.